The van der Waals surface area contributed by atoms with Gasteiger partial charge in [-0.05, 0) is 19.1 Å². The van der Waals surface area contributed by atoms with Crippen LogP contribution in [-0.2, 0) is 20.9 Å². The number of hydrogen-bond donors (Lipinski definition) is 1. The highest BCUT2D eigenvalue weighted by atomic mass is 16.5. The van der Waals surface area contributed by atoms with Crippen LogP contribution < -0.4 is 5.32 Å². The molecule has 21 heavy (non-hydrogen) atoms. The Hall–Kier alpha value is -1.95. The number of amides is 2. The lowest BCUT2D eigenvalue weighted by Crippen LogP contribution is -2.40. The van der Waals surface area contributed by atoms with Gasteiger partial charge in [-0.2, -0.15) is 0 Å². The Labute approximate surface area is 124 Å². The van der Waals surface area contributed by atoms with E-state index in [1.807, 2.05) is 25.1 Å². The maximum absolute atomic E-state index is 12.1. The third-order valence-electron chi connectivity index (χ3n) is 3.47. The van der Waals surface area contributed by atoms with Crippen molar-refractivity contribution in [1.29, 1.82) is 0 Å². The lowest BCUT2D eigenvalue weighted by Gasteiger charge is -2.17. The van der Waals surface area contributed by atoms with Crippen molar-refractivity contribution in [2.24, 2.45) is 5.92 Å². The number of ether oxygens (including phenoxy) is 1. The molecular formula is C15H21N3O3. The number of carbonyl (C=O) groups excluding carboxylic acids is 2. The van der Waals surface area contributed by atoms with Crippen LogP contribution in [-0.4, -0.2) is 48.0 Å². The highest BCUT2D eigenvalue weighted by Gasteiger charge is 2.34. The minimum atomic E-state index is -0.291. The Balaban J connectivity index is 1.88. The predicted molar refractivity (Wildman–Crippen MR) is 77.2 cm³/mol. The van der Waals surface area contributed by atoms with Gasteiger partial charge in [0.05, 0.1) is 24.8 Å². The van der Waals surface area contributed by atoms with E-state index in [-0.39, 0.29) is 30.2 Å². The molecule has 0 unspecified atom stereocenters. The largest absolute Gasteiger partial charge is 0.383 e. The zero-order valence-corrected chi connectivity index (χ0v) is 12.4. The van der Waals surface area contributed by atoms with Gasteiger partial charge in [0.15, 0.2) is 0 Å². The van der Waals surface area contributed by atoms with Crippen LogP contribution in [0, 0.1) is 5.92 Å². The molecule has 2 rings (SSSR count). The maximum atomic E-state index is 12.1. The molecule has 0 bridgehead atoms. The van der Waals surface area contributed by atoms with E-state index in [0.717, 1.165) is 5.69 Å². The van der Waals surface area contributed by atoms with E-state index in [0.29, 0.717) is 19.7 Å². The van der Waals surface area contributed by atoms with Crippen LogP contribution in [0.25, 0.3) is 0 Å². The molecule has 1 N–H and O–H groups in total. The first kappa shape index (κ1) is 15.4. The number of nitrogens with one attached hydrogen (secondary N) is 1. The van der Waals surface area contributed by atoms with Crippen molar-refractivity contribution in [2.45, 2.75) is 25.9 Å². The van der Waals surface area contributed by atoms with Gasteiger partial charge in [0, 0.05) is 32.3 Å². The second kappa shape index (κ2) is 7.17. The van der Waals surface area contributed by atoms with Gasteiger partial charge in [-0.25, -0.2) is 0 Å². The molecule has 2 heterocycles. The maximum Gasteiger partial charge on any atom is 0.225 e. The summed E-state index contributed by atoms with van der Waals surface area (Å²) in [5, 5.41) is 2.87. The van der Waals surface area contributed by atoms with Gasteiger partial charge in [0.2, 0.25) is 11.8 Å². The molecule has 0 spiro atoms. The van der Waals surface area contributed by atoms with Crippen molar-refractivity contribution in [3.05, 3.63) is 30.1 Å². The molecule has 1 saturated heterocycles. The van der Waals surface area contributed by atoms with E-state index in [2.05, 4.69) is 10.3 Å². The standard InChI is InChI=1S/C15H21N3O3/c1-11(10-21-2)17-15(20)12-7-14(19)18(8-12)9-13-5-3-4-6-16-13/h3-6,11-12H,7-10H2,1-2H3,(H,17,20)/t11-,12+/m1/s1. The predicted octanol–water partition coefficient (Wildman–Crippen LogP) is 0.581. The molecule has 1 fully saturated rings. The molecule has 0 radical (unpaired) electrons. The third kappa shape index (κ3) is 4.26. The van der Waals surface area contributed by atoms with Gasteiger partial charge in [-0.3, -0.25) is 14.6 Å². The zero-order valence-electron chi connectivity index (χ0n) is 12.4. The molecule has 1 aliphatic heterocycles. The molecule has 1 aliphatic rings. The first-order valence-electron chi connectivity index (χ1n) is 7.07. The second-order valence-electron chi connectivity index (χ2n) is 5.36. The van der Waals surface area contributed by atoms with Crippen LogP contribution in [0.5, 0.6) is 0 Å². The van der Waals surface area contributed by atoms with Crippen molar-refractivity contribution >= 4 is 11.8 Å². The van der Waals surface area contributed by atoms with E-state index < -0.39 is 0 Å². The normalized spacial score (nSPS) is 19.6. The van der Waals surface area contributed by atoms with E-state index in [4.69, 9.17) is 4.74 Å². The molecule has 6 nitrogen and oxygen atoms in total. The number of nitrogens with zero attached hydrogens (tertiary/aromatic N) is 2. The van der Waals surface area contributed by atoms with Crippen molar-refractivity contribution in [1.82, 2.24) is 15.2 Å². The minimum absolute atomic E-state index is 0.000183. The first-order chi connectivity index (χ1) is 10.1. The molecular weight excluding hydrogens is 270 g/mol. The van der Waals surface area contributed by atoms with E-state index in [1.54, 1.807) is 18.2 Å². The Bertz CT molecular complexity index is 492. The van der Waals surface area contributed by atoms with E-state index in [9.17, 15) is 9.59 Å². The minimum Gasteiger partial charge on any atom is -0.383 e. The van der Waals surface area contributed by atoms with Crippen LogP contribution in [0.3, 0.4) is 0 Å². The number of carbonyl (C=O) groups is 2. The molecule has 1 aromatic rings. The average Bonchev–Trinajstić information content (AvgIpc) is 2.82. The van der Waals surface area contributed by atoms with Gasteiger partial charge in [0.1, 0.15) is 0 Å². The lowest BCUT2D eigenvalue weighted by atomic mass is 10.1. The molecule has 0 saturated carbocycles. The number of rotatable bonds is 6. The number of pyridine rings is 1. The van der Waals surface area contributed by atoms with Crippen LogP contribution in [0.2, 0.25) is 0 Å². The van der Waals surface area contributed by atoms with Gasteiger partial charge in [-0.1, -0.05) is 6.07 Å². The average molecular weight is 291 g/mol. The van der Waals surface area contributed by atoms with Crippen LogP contribution >= 0.6 is 0 Å². The quantitative estimate of drug-likeness (QED) is 0.832. The SMILES string of the molecule is COC[C@@H](C)NC(=O)[C@H]1CC(=O)N(Cc2ccccn2)C1. The van der Waals surface area contributed by atoms with Crippen LogP contribution in [0.15, 0.2) is 24.4 Å². The van der Waals surface area contributed by atoms with E-state index >= 15 is 0 Å². The monoisotopic (exact) mass is 291 g/mol. The summed E-state index contributed by atoms with van der Waals surface area (Å²) in [6.07, 6.45) is 1.96. The van der Waals surface area contributed by atoms with Crippen LogP contribution in [0.1, 0.15) is 19.0 Å². The fourth-order valence-electron chi connectivity index (χ4n) is 2.44. The Kier molecular flexibility index (Phi) is 5.27. The highest BCUT2D eigenvalue weighted by Crippen LogP contribution is 2.20. The smallest absolute Gasteiger partial charge is 0.225 e. The second-order valence-corrected chi connectivity index (χ2v) is 5.36. The number of methoxy groups -OCH3 is 1. The fraction of sp³-hybridized carbons (Fsp3) is 0.533. The summed E-state index contributed by atoms with van der Waals surface area (Å²) in [6, 6.07) is 5.55. The Morgan fingerprint density at radius 1 is 1.57 bits per heavy atom. The van der Waals surface area contributed by atoms with Crippen molar-refractivity contribution in [3.63, 3.8) is 0 Å². The van der Waals surface area contributed by atoms with Gasteiger partial charge >= 0.3 is 0 Å². The lowest BCUT2D eigenvalue weighted by molar-refractivity contribution is -0.129. The summed E-state index contributed by atoms with van der Waals surface area (Å²) < 4.78 is 4.99. The topological polar surface area (TPSA) is 71.5 Å². The molecule has 1 aromatic heterocycles. The third-order valence-corrected chi connectivity index (χ3v) is 3.47. The highest BCUT2D eigenvalue weighted by molar-refractivity contribution is 5.89. The molecule has 2 atom stereocenters. The molecule has 114 valence electrons. The van der Waals surface area contributed by atoms with E-state index in [1.165, 1.54) is 0 Å². The first-order valence-corrected chi connectivity index (χ1v) is 7.07. The number of likely N-dealkylation sites (tertiary alicyclic amines) is 1. The van der Waals surface area contributed by atoms with Crippen molar-refractivity contribution in [3.8, 4) is 0 Å². The molecule has 0 aliphatic carbocycles. The Morgan fingerprint density at radius 2 is 2.38 bits per heavy atom. The molecule has 6 heteroatoms. The summed E-state index contributed by atoms with van der Waals surface area (Å²) in [6.45, 7) is 3.24. The summed E-state index contributed by atoms with van der Waals surface area (Å²) in [5.74, 6) is -0.378. The van der Waals surface area contributed by atoms with Gasteiger partial charge in [0.25, 0.3) is 0 Å². The summed E-state index contributed by atoms with van der Waals surface area (Å²) >= 11 is 0. The fourth-order valence-corrected chi connectivity index (χ4v) is 2.44. The Morgan fingerprint density at radius 3 is 3.05 bits per heavy atom. The van der Waals surface area contributed by atoms with Crippen LogP contribution in [0.4, 0.5) is 0 Å². The molecule has 2 amide bonds. The number of hydrogen-bond acceptors (Lipinski definition) is 4. The zero-order chi connectivity index (χ0) is 15.2. The summed E-state index contributed by atoms with van der Waals surface area (Å²) in [5.41, 5.74) is 0.833. The molecule has 0 aromatic carbocycles. The van der Waals surface area contributed by atoms with Gasteiger partial charge in [-0.15, -0.1) is 0 Å². The summed E-state index contributed by atoms with van der Waals surface area (Å²) in [4.78, 5) is 30.0. The van der Waals surface area contributed by atoms with Crippen molar-refractivity contribution in [2.75, 3.05) is 20.3 Å². The summed E-state index contributed by atoms with van der Waals surface area (Å²) in [7, 11) is 1.59. The number of aromatic nitrogens is 1. The van der Waals surface area contributed by atoms with Crippen molar-refractivity contribution < 1.29 is 14.3 Å². The van der Waals surface area contributed by atoms with Gasteiger partial charge < -0.3 is 15.0 Å².